The monoisotopic (exact) mass is 552 g/mol. The van der Waals surface area contributed by atoms with Crippen molar-refractivity contribution in [2.75, 3.05) is 19.6 Å². The molecule has 40 heavy (non-hydrogen) atoms. The van der Waals surface area contributed by atoms with Gasteiger partial charge in [-0.05, 0) is 54.0 Å². The fraction of sp³-hybridized carbons (Fsp3) is 0.625. The predicted octanol–water partition coefficient (Wildman–Crippen LogP) is 3.26. The largest absolute Gasteiger partial charge is 0.346 e. The van der Waals surface area contributed by atoms with Crippen LogP contribution < -0.4 is 16.0 Å². The number of nitrogens with one attached hydrogen (secondary N) is 3. The minimum Gasteiger partial charge on any atom is -0.346 e. The molecule has 2 aliphatic rings. The van der Waals surface area contributed by atoms with Crippen LogP contribution in [-0.2, 0) is 25.6 Å². The maximum atomic E-state index is 14.1. The molecular weight excluding hydrogens is 504 g/mol. The SMILES string of the molecule is C=CCNC(=O)C(=O)C(CCC)NC(=O)[C@@H]1C2C(CN1C(=O)C(NCCCc1ccccc1)C(C)(C)C)C2(C)C. The molecule has 0 aromatic heterocycles. The molecule has 0 bridgehead atoms. The van der Waals surface area contributed by atoms with E-state index < -0.39 is 29.8 Å². The summed E-state index contributed by atoms with van der Waals surface area (Å²) in [4.78, 5) is 54.8. The van der Waals surface area contributed by atoms with Gasteiger partial charge < -0.3 is 20.9 Å². The van der Waals surface area contributed by atoms with E-state index in [0.717, 1.165) is 12.8 Å². The van der Waals surface area contributed by atoms with Gasteiger partial charge in [0, 0.05) is 13.1 Å². The Balaban J connectivity index is 1.74. The molecule has 0 spiro atoms. The number of carbonyl (C=O) groups excluding carboxylic acids is 4. The van der Waals surface area contributed by atoms with Gasteiger partial charge in [-0.1, -0.05) is 84.4 Å². The Hall–Kier alpha value is -3.00. The minimum absolute atomic E-state index is 0.0159. The second-order valence-electron chi connectivity index (χ2n) is 12.9. The normalized spacial score (nSPS) is 22.6. The van der Waals surface area contributed by atoms with Gasteiger partial charge >= 0.3 is 0 Å². The quantitative estimate of drug-likeness (QED) is 0.187. The van der Waals surface area contributed by atoms with Gasteiger partial charge in [-0.2, -0.15) is 0 Å². The zero-order valence-electron chi connectivity index (χ0n) is 25.1. The lowest BCUT2D eigenvalue weighted by Crippen LogP contribution is -2.60. The van der Waals surface area contributed by atoms with Gasteiger partial charge in [-0.15, -0.1) is 6.58 Å². The van der Waals surface area contributed by atoms with Crippen molar-refractivity contribution >= 4 is 23.5 Å². The average Bonchev–Trinajstić information content (AvgIpc) is 3.23. The number of piperidine rings is 1. The molecule has 2 fully saturated rings. The predicted molar refractivity (Wildman–Crippen MR) is 157 cm³/mol. The van der Waals surface area contributed by atoms with Crippen molar-refractivity contribution in [1.29, 1.82) is 0 Å². The number of rotatable bonds is 14. The number of Topliss-reactive ketones (excluding diaryl/α,β-unsaturated/α-hetero) is 1. The highest BCUT2D eigenvalue weighted by Gasteiger charge is 2.69. The number of hydrogen-bond acceptors (Lipinski definition) is 5. The van der Waals surface area contributed by atoms with E-state index in [-0.39, 0.29) is 41.0 Å². The van der Waals surface area contributed by atoms with Crippen LogP contribution in [0.2, 0.25) is 0 Å². The first-order chi connectivity index (χ1) is 18.8. The summed E-state index contributed by atoms with van der Waals surface area (Å²) in [5, 5.41) is 8.85. The molecule has 0 radical (unpaired) electrons. The zero-order valence-corrected chi connectivity index (χ0v) is 25.1. The molecule has 1 saturated carbocycles. The Morgan fingerprint density at radius 3 is 2.42 bits per heavy atom. The van der Waals surface area contributed by atoms with Crippen molar-refractivity contribution in [3.63, 3.8) is 0 Å². The zero-order chi connectivity index (χ0) is 29.7. The maximum Gasteiger partial charge on any atom is 0.289 e. The Bertz CT molecular complexity index is 1080. The van der Waals surface area contributed by atoms with Crippen LogP contribution in [0.1, 0.15) is 66.4 Å². The Morgan fingerprint density at radius 2 is 1.82 bits per heavy atom. The number of hydrogen-bond donors (Lipinski definition) is 3. The van der Waals surface area contributed by atoms with E-state index in [2.05, 4.69) is 48.5 Å². The number of carbonyl (C=O) groups is 4. The van der Waals surface area contributed by atoms with Crippen LogP contribution in [0.5, 0.6) is 0 Å². The third-order valence-corrected chi connectivity index (χ3v) is 8.55. The summed E-state index contributed by atoms with van der Waals surface area (Å²) in [5.74, 6) is -1.62. The molecule has 3 rings (SSSR count). The van der Waals surface area contributed by atoms with E-state index in [1.54, 1.807) is 4.90 Å². The molecule has 1 heterocycles. The topological polar surface area (TPSA) is 108 Å². The average molecular weight is 553 g/mol. The Morgan fingerprint density at radius 1 is 1.15 bits per heavy atom. The smallest absolute Gasteiger partial charge is 0.289 e. The molecule has 1 saturated heterocycles. The number of amides is 3. The second-order valence-corrected chi connectivity index (χ2v) is 12.9. The third kappa shape index (κ3) is 7.19. The van der Waals surface area contributed by atoms with Gasteiger partial charge in [-0.25, -0.2) is 0 Å². The Labute approximate surface area is 239 Å². The van der Waals surface area contributed by atoms with E-state index in [0.29, 0.717) is 25.9 Å². The molecule has 220 valence electrons. The lowest BCUT2D eigenvalue weighted by Gasteiger charge is -2.38. The summed E-state index contributed by atoms with van der Waals surface area (Å²) < 4.78 is 0. The molecule has 1 aromatic rings. The van der Waals surface area contributed by atoms with Crippen molar-refractivity contribution in [3.8, 4) is 0 Å². The number of nitrogens with zero attached hydrogens (tertiary/aromatic N) is 1. The van der Waals surface area contributed by atoms with E-state index in [9.17, 15) is 19.2 Å². The lowest BCUT2D eigenvalue weighted by molar-refractivity contribution is -0.145. The second kappa shape index (κ2) is 13.1. The highest BCUT2D eigenvalue weighted by molar-refractivity contribution is 6.38. The van der Waals surface area contributed by atoms with Crippen molar-refractivity contribution in [3.05, 3.63) is 48.6 Å². The summed E-state index contributed by atoms with van der Waals surface area (Å²) in [6, 6.07) is 8.20. The van der Waals surface area contributed by atoms with Crippen LogP contribution in [0.25, 0.3) is 0 Å². The summed E-state index contributed by atoms with van der Waals surface area (Å²) in [5.41, 5.74) is 0.831. The molecule has 3 N–H and O–H groups in total. The van der Waals surface area contributed by atoms with Crippen molar-refractivity contribution < 1.29 is 19.2 Å². The van der Waals surface area contributed by atoms with Gasteiger partial charge in [0.25, 0.3) is 5.91 Å². The van der Waals surface area contributed by atoms with Gasteiger partial charge in [0.2, 0.25) is 17.6 Å². The number of likely N-dealkylation sites (tertiary alicyclic amines) is 1. The van der Waals surface area contributed by atoms with Crippen LogP contribution in [0.15, 0.2) is 43.0 Å². The third-order valence-electron chi connectivity index (χ3n) is 8.55. The molecule has 3 amide bonds. The van der Waals surface area contributed by atoms with Crippen LogP contribution in [0.3, 0.4) is 0 Å². The van der Waals surface area contributed by atoms with Crippen LogP contribution in [-0.4, -0.2) is 66.2 Å². The number of aryl methyl sites for hydroxylation is 1. The van der Waals surface area contributed by atoms with Crippen LogP contribution in [0.4, 0.5) is 0 Å². The first kappa shape index (κ1) is 31.5. The van der Waals surface area contributed by atoms with Crippen molar-refractivity contribution in [2.24, 2.45) is 22.7 Å². The number of benzene rings is 1. The summed E-state index contributed by atoms with van der Waals surface area (Å²) >= 11 is 0. The Kier molecular flexibility index (Phi) is 10.3. The lowest BCUT2D eigenvalue weighted by atomic mass is 9.85. The number of fused-ring (bicyclic) bond motifs is 1. The van der Waals surface area contributed by atoms with Gasteiger partial charge in [-0.3, -0.25) is 19.2 Å². The molecule has 8 heteroatoms. The summed E-state index contributed by atoms with van der Waals surface area (Å²) in [6.07, 6.45) is 4.27. The molecule has 1 aliphatic carbocycles. The maximum absolute atomic E-state index is 14.1. The van der Waals surface area contributed by atoms with E-state index in [4.69, 9.17) is 0 Å². The van der Waals surface area contributed by atoms with Crippen LogP contribution in [0, 0.1) is 22.7 Å². The standard InChI is InChI=1S/C32H48N4O4/c1-8-14-23(26(37)29(39)34-18-9-2)35-28(38)25-24-22(32(24,6)7)20-36(25)30(40)27(31(3,4)5)33-19-13-17-21-15-11-10-12-16-21/h9-12,15-16,22-25,27,33H,2,8,13-14,17-20H2,1,3-7H3,(H,34,39)(H,35,38)/t22?,23?,24?,25-,27?/m0/s1. The minimum atomic E-state index is -0.935. The summed E-state index contributed by atoms with van der Waals surface area (Å²) in [6.45, 7) is 17.2. The highest BCUT2D eigenvalue weighted by Crippen LogP contribution is 2.65. The van der Waals surface area contributed by atoms with Crippen molar-refractivity contribution in [1.82, 2.24) is 20.9 Å². The number of ketones is 1. The fourth-order valence-electron chi connectivity index (χ4n) is 6.15. The molecule has 5 atom stereocenters. The molecule has 1 aromatic carbocycles. The molecular formula is C32H48N4O4. The first-order valence-corrected chi connectivity index (χ1v) is 14.7. The van der Waals surface area contributed by atoms with Crippen molar-refractivity contribution in [2.45, 2.75) is 85.4 Å². The molecule has 8 nitrogen and oxygen atoms in total. The highest BCUT2D eigenvalue weighted by atomic mass is 16.2. The van der Waals surface area contributed by atoms with E-state index >= 15 is 0 Å². The molecule has 4 unspecified atom stereocenters. The van der Waals surface area contributed by atoms with E-state index in [1.165, 1.54) is 11.6 Å². The first-order valence-electron chi connectivity index (χ1n) is 14.7. The summed E-state index contributed by atoms with van der Waals surface area (Å²) in [7, 11) is 0. The van der Waals surface area contributed by atoms with Gasteiger partial charge in [0.15, 0.2) is 0 Å². The fourth-order valence-corrected chi connectivity index (χ4v) is 6.15. The molecule has 1 aliphatic heterocycles. The van der Waals surface area contributed by atoms with Gasteiger partial charge in [0.05, 0.1) is 12.1 Å². The van der Waals surface area contributed by atoms with E-state index in [1.807, 2.05) is 45.9 Å². The van der Waals surface area contributed by atoms with Gasteiger partial charge in [0.1, 0.15) is 6.04 Å². The van der Waals surface area contributed by atoms with Crippen LogP contribution >= 0.6 is 0 Å².